The molecule has 1 heterocycles. The minimum atomic E-state index is -3.66. The highest BCUT2D eigenvalue weighted by Gasteiger charge is 2.33. The molecule has 1 atom stereocenters. The number of hydrogen-bond acceptors (Lipinski definition) is 7. The van der Waals surface area contributed by atoms with Gasteiger partial charge >= 0.3 is 13.6 Å². The summed E-state index contributed by atoms with van der Waals surface area (Å²) in [5.74, 6) is -0.780. The Labute approximate surface area is 213 Å². The Balaban J connectivity index is 1.75. The standard InChI is InChI=1S/C23H28ClN4O7P/c1-15-12-18(8-9-20(15)28-10-11-35-13-21(28)29)25-22(30)19(14-36(32,33-2)34-3)27-23(31)26-17-6-4-16(24)5-7-17/h4-9,12,19H,10-11,13-14H2,1-3H3,(H,25,30)(H2,26,27,31)/t19-/m0/s1. The number of anilines is 3. The van der Waals surface area contributed by atoms with Gasteiger partial charge in [0.25, 0.3) is 5.91 Å². The first-order valence-corrected chi connectivity index (χ1v) is 13.1. The number of urea groups is 1. The molecule has 0 aromatic heterocycles. The number of aryl methyl sites for hydroxylation is 1. The first-order valence-electron chi connectivity index (χ1n) is 11.0. The van der Waals surface area contributed by atoms with Gasteiger partial charge in [0, 0.05) is 42.8 Å². The van der Waals surface area contributed by atoms with Crippen molar-refractivity contribution in [2.24, 2.45) is 0 Å². The fraction of sp³-hybridized carbons (Fsp3) is 0.348. The molecule has 0 spiro atoms. The number of nitrogens with zero attached hydrogens (tertiary/aromatic N) is 1. The van der Waals surface area contributed by atoms with Crippen molar-refractivity contribution in [2.45, 2.75) is 13.0 Å². The molecule has 36 heavy (non-hydrogen) atoms. The lowest BCUT2D eigenvalue weighted by molar-refractivity contribution is -0.125. The SMILES string of the molecule is COP(=O)(C[C@H](NC(=O)Nc1ccc(Cl)cc1)C(=O)Nc1ccc(N2CCOCC2=O)c(C)c1)OC. The maximum Gasteiger partial charge on any atom is 0.332 e. The topological polar surface area (TPSA) is 135 Å². The van der Waals surface area contributed by atoms with E-state index in [4.69, 9.17) is 25.4 Å². The zero-order valence-corrected chi connectivity index (χ0v) is 21.7. The molecule has 4 amide bonds. The molecule has 1 aliphatic rings. The molecule has 1 aliphatic heterocycles. The zero-order chi connectivity index (χ0) is 26.3. The van der Waals surface area contributed by atoms with Crippen LogP contribution in [0.25, 0.3) is 0 Å². The van der Waals surface area contributed by atoms with E-state index in [1.165, 1.54) is 14.2 Å². The maximum atomic E-state index is 13.1. The van der Waals surface area contributed by atoms with Crippen LogP contribution in [0.15, 0.2) is 42.5 Å². The Hall–Kier alpha value is -2.95. The van der Waals surface area contributed by atoms with Gasteiger partial charge in [-0.1, -0.05) is 11.6 Å². The summed E-state index contributed by atoms with van der Waals surface area (Å²) in [6.45, 7) is 2.70. The molecule has 11 nitrogen and oxygen atoms in total. The van der Waals surface area contributed by atoms with Crippen LogP contribution in [-0.2, 0) is 27.9 Å². The van der Waals surface area contributed by atoms with E-state index < -0.39 is 31.7 Å². The molecular weight excluding hydrogens is 511 g/mol. The lowest BCUT2D eigenvalue weighted by atomic mass is 10.1. The number of amides is 4. The molecule has 0 radical (unpaired) electrons. The third-order valence-electron chi connectivity index (χ3n) is 5.43. The minimum absolute atomic E-state index is 0.0163. The van der Waals surface area contributed by atoms with Crippen LogP contribution in [-0.4, -0.2) is 64.0 Å². The molecule has 3 rings (SSSR count). The zero-order valence-electron chi connectivity index (χ0n) is 20.1. The highest BCUT2D eigenvalue weighted by Crippen LogP contribution is 2.46. The number of rotatable bonds is 9. The normalized spacial score (nSPS) is 14.8. The number of ether oxygens (including phenoxy) is 1. The largest absolute Gasteiger partial charge is 0.370 e. The molecule has 1 saturated heterocycles. The van der Waals surface area contributed by atoms with Crippen molar-refractivity contribution in [3.63, 3.8) is 0 Å². The smallest absolute Gasteiger partial charge is 0.332 e. The summed E-state index contributed by atoms with van der Waals surface area (Å²) in [5, 5.41) is 8.31. The Bertz CT molecular complexity index is 1150. The second-order valence-corrected chi connectivity index (χ2v) is 10.7. The third kappa shape index (κ3) is 7.28. The Morgan fingerprint density at radius 3 is 2.39 bits per heavy atom. The lowest BCUT2D eigenvalue weighted by Gasteiger charge is -2.28. The van der Waals surface area contributed by atoms with Crippen molar-refractivity contribution >= 4 is 54.1 Å². The number of nitrogens with one attached hydrogen (secondary N) is 3. The minimum Gasteiger partial charge on any atom is -0.370 e. The molecule has 3 N–H and O–H groups in total. The first kappa shape index (κ1) is 27.6. The number of halogens is 1. The second kappa shape index (κ2) is 12.3. The van der Waals surface area contributed by atoms with Crippen LogP contribution >= 0.6 is 19.2 Å². The molecule has 0 unspecified atom stereocenters. The van der Waals surface area contributed by atoms with E-state index in [1.54, 1.807) is 47.4 Å². The van der Waals surface area contributed by atoms with Crippen molar-refractivity contribution in [2.75, 3.05) is 55.7 Å². The van der Waals surface area contributed by atoms with Crippen molar-refractivity contribution in [1.29, 1.82) is 0 Å². The summed E-state index contributed by atoms with van der Waals surface area (Å²) in [6, 6.07) is 9.49. The Morgan fingerprint density at radius 1 is 1.11 bits per heavy atom. The van der Waals surface area contributed by atoms with E-state index in [0.717, 1.165) is 5.56 Å². The summed E-state index contributed by atoms with van der Waals surface area (Å²) >= 11 is 5.86. The molecule has 13 heteroatoms. The van der Waals surface area contributed by atoms with E-state index in [-0.39, 0.29) is 12.5 Å². The van der Waals surface area contributed by atoms with Gasteiger partial charge in [-0.3, -0.25) is 14.2 Å². The van der Waals surface area contributed by atoms with Crippen molar-refractivity contribution in [3.8, 4) is 0 Å². The monoisotopic (exact) mass is 538 g/mol. The summed E-state index contributed by atoms with van der Waals surface area (Å²) in [6.07, 6.45) is -0.404. The van der Waals surface area contributed by atoms with E-state index in [1.807, 2.05) is 6.92 Å². The van der Waals surface area contributed by atoms with Gasteiger partial charge in [0.15, 0.2) is 0 Å². The van der Waals surface area contributed by atoms with Crippen LogP contribution in [0.1, 0.15) is 5.56 Å². The summed E-state index contributed by atoms with van der Waals surface area (Å²) in [7, 11) is -1.27. The first-order chi connectivity index (χ1) is 17.1. The van der Waals surface area contributed by atoms with Crippen molar-refractivity contribution < 1.29 is 32.7 Å². The molecule has 0 bridgehead atoms. The van der Waals surface area contributed by atoms with Crippen LogP contribution in [0.4, 0.5) is 21.9 Å². The molecule has 2 aromatic rings. The highest BCUT2D eigenvalue weighted by molar-refractivity contribution is 7.53. The van der Waals surface area contributed by atoms with Crippen LogP contribution < -0.4 is 20.9 Å². The number of carbonyl (C=O) groups excluding carboxylic acids is 3. The fourth-order valence-electron chi connectivity index (χ4n) is 3.54. The van der Waals surface area contributed by atoms with Gasteiger partial charge < -0.3 is 34.6 Å². The predicted octanol–water partition coefficient (Wildman–Crippen LogP) is 3.63. The van der Waals surface area contributed by atoms with E-state index in [0.29, 0.717) is 35.2 Å². The quantitative estimate of drug-likeness (QED) is 0.415. The second-order valence-electron chi connectivity index (χ2n) is 7.91. The molecule has 0 saturated carbocycles. The van der Waals surface area contributed by atoms with Gasteiger partial charge in [-0.05, 0) is 55.0 Å². The molecule has 2 aromatic carbocycles. The predicted molar refractivity (Wildman–Crippen MR) is 137 cm³/mol. The van der Waals surface area contributed by atoms with Gasteiger partial charge in [-0.2, -0.15) is 0 Å². The van der Waals surface area contributed by atoms with Gasteiger partial charge in [0.1, 0.15) is 12.6 Å². The third-order valence-corrected chi connectivity index (χ3v) is 7.60. The number of morpholine rings is 1. The van der Waals surface area contributed by atoms with Gasteiger partial charge in [-0.15, -0.1) is 0 Å². The Morgan fingerprint density at radius 2 is 1.78 bits per heavy atom. The summed E-state index contributed by atoms with van der Waals surface area (Å²) in [5.41, 5.74) is 2.34. The summed E-state index contributed by atoms with van der Waals surface area (Å²) < 4.78 is 27.8. The molecular formula is C23H28ClN4O7P. The van der Waals surface area contributed by atoms with Crippen LogP contribution in [0.5, 0.6) is 0 Å². The average molecular weight is 539 g/mol. The van der Waals surface area contributed by atoms with E-state index in [2.05, 4.69) is 16.0 Å². The van der Waals surface area contributed by atoms with Crippen molar-refractivity contribution in [1.82, 2.24) is 5.32 Å². The highest BCUT2D eigenvalue weighted by atomic mass is 35.5. The van der Waals surface area contributed by atoms with Gasteiger partial charge in [-0.25, -0.2) is 4.79 Å². The lowest BCUT2D eigenvalue weighted by Crippen LogP contribution is -2.47. The Kier molecular flexibility index (Phi) is 9.47. The van der Waals surface area contributed by atoms with Crippen LogP contribution in [0.2, 0.25) is 5.02 Å². The maximum absolute atomic E-state index is 13.1. The van der Waals surface area contributed by atoms with E-state index in [9.17, 15) is 18.9 Å². The molecule has 1 fully saturated rings. The van der Waals surface area contributed by atoms with E-state index >= 15 is 0 Å². The van der Waals surface area contributed by atoms with Crippen LogP contribution in [0.3, 0.4) is 0 Å². The van der Waals surface area contributed by atoms with Gasteiger partial charge in [0.2, 0.25) is 5.91 Å². The molecule has 194 valence electrons. The van der Waals surface area contributed by atoms with Gasteiger partial charge in [0.05, 0.1) is 12.8 Å². The molecule has 0 aliphatic carbocycles. The summed E-state index contributed by atoms with van der Waals surface area (Å²) in [4.78, 5) is 39.5. The fourth-order valence-corrected chi connectivity index (χ4v) is 4.82. The number of carbonyl (C=O) groups is 3. The average Bonchev–Trinajstić information content (AvgIpc) is 2.85. The van der Waals surface area contributed by atoms with Crippen LogP contribution in [0, 0.1) is 6.92 Å². The number of benzene rings is 2. The van der Waals surface area contributed by atoms with Crippen molar-refractivity contribution in [3.05, 3.63) is 53.1 Å². The number of hydrogen-bond donors (Lipinski definition) is 3.